The molecule has 0 saturated heterocycles. The van der Waals surface area contributed by atoms with Crippen LogP contribution in [0.25, 0.3) is 98.4 Å². The Balaban J connectivity index is 0.972. The molecule has 2 nitrogen and oxygen atoms in total. The van der Waals surface area contributed by atoms with Crippen molar-refractivity contribution >= 4 is 82.1 Å². The molecule has 280 valence electrons. The van der Waals surface area contributed by atoms with Gasteiger partial charge in [-0.3, -0.25) is 0 Å². The highest BCUT2D eigenvalue weighted by atomic mass is 16.3. The molecule has 0 saturated carbocycles. The number of para-hydroxylation sites is 2. The van der Waals surface area contributed by atoms with Crippen LogP contribution in [0.1, 0.15) is 0 Å². The molecule has 0 atom stereocenters. The molecular weight excluding hydrogens is 727 g/mol. The van der Waals surface area contributed by atoms with Crippen LogP contribution in [0.4, 0.5) is 17.1 Å². The highest BCUT2D eigenvalue weighted by Crippen LogP contribution is 2.46. The van der Waals surface area contributed by atoms with Gasteiger partial charge in [-0.05, 0) is 78.8 Å². The van der Waals surface area contributed by atoms with Crippen molar-refractivity contribution in [3.8, 4) is 33.4 Å². The van der Waals surface area contributed by atoms with E-state index in [2.05, 4.69) is 229 Å². The van der Waals surface area contributed by atoms with Crippen molar-refractivity contribution in [2.75, 3.05) is 4.90 Å². The molecule has 0 N–H and O–H groups in total. The van der Waals surface area contributed by atoms with E-state index in [1.54, 1.807) is 0 Å². The van der Waals surface area contributed by atoms with Gasteiger partial charge in [-0.15, -0.1) is 0 Å². The van der Waals surface area contributed by atoms with Crippen molar-refractivity contribution in [1.29, 1.82) is 0 Å². The van der Waals surface area contributed by atoms with Crippen molar-refractivity contribution in [1.82, 2.24) is 0 Å². The van der Waals surface area contributed by atoms with Crippen LogP contribution in [-0.2, 0) is 0 Å². The van der Waals surface area contributed by atoms with Crippen molar-refractivity contribution < 1.29 is 4.42 Å². The maximum absolute atomic E-state index is 6.74. The van der Waals surface area contributed by atoms with Crippen LogP contribution < -0.4 is 4.90 Å². The van der Waals surface area contributed by atoms with Gasteiger partial charge in [0.05, 0.1) is 11.4 Å². The average molecular weight is 764 g/mol. The molecule has 0 aliphatic rings. The number of benzene rings is 11. The SMILES string of the molecule is c1ccc(-c2cccc3c2oc2c(-c4ccc(-c5ccc(N(c6cc7ccccc7c7ccccc67)c6cc7ccccc7c7ccccc67)cc5)cc4)cccc23)cc1. The normalized spacial score (nSPS) is 11.7. The van der Waals surface area contributed by atoms with Gasteiger partial charge in [0.1, 0.15) is 11.2 Å². The second-order valence-electron chi connectivity index (χ2n) is 15.6. The quantitative estimate of drug-likeness (QED) is 0.157. The molecule has 0 fully saturated rings. The Morgan fingerprint density at radius 2 is 0.650 bits per heavy atom. The lowest BCUT2D eigenvalue weighted by molar-refractivity contribution is 0.671. The first-order chi connectivity index (χ1) is 29.8. The summed E-state index contributed by atoms with van der Waals surface area (Å²) >= 11 is 0. The minimum atomic E-state index is 0.913. The van der Waals surface area contributed by atoms with Gasteiger partial charge in [0.25, 0.3) is 0 Å². The van der Waals surface area contributed by atoms with Crippen molar-refractivity contribution in [2.45, 2.75) is 0 Å². The molecule has 0 bridgehead atoms. The van der Waals surface area contributed by atoms with Gasteiger partial charge in [0, 0.05) is 38.4 Å². The van der Waals surface area contributed by atoms with E-state index in [-0.39, 0.29) is 0 Å². The van der Waals surface area contributed by atoms with Gasteiger partial charge in [0.2, 0.25) is 0 Å². The Bertz CT molecular complexity index is 3460. The highest BCUT2D eigenvalue weighted by Gasteiger charge is 2.21. The fourth-order valence-corrected chi connectivity index (χ4v) is 9.38. The third kappa shape index (κ3) is 5.50. The van der Waals surface area contributed by atoms with Crippen LogP contribution in [0.3, 0.4) is 0 Å². The summed E-state index contributed by atoms with van der Waals surface area (Å²) in [6, 6.07) is 81.2. The zero-order chi connectivity index (χ0) is 39.6. The van der Waals surface area contributed by atoms with Gasteiger partial charge in [-0.25, -0.2) is 0 Å². The molecule has 0 aliphatic heterocycles. The maximum atomic E-state index is 6.74. The van der Waals surface area contributed by atoms with E-state index in [0.717, 1.165) is 72.4 Å². The molecule has 0 amide bonds. The molecule has 2 heteroatoms. The minimum absolute atomic E-state index is 0.913. The summed E-state index contributed by atoms with van der Waals surface area (Å²) in [5.74, 6) is 0. The van der Waals surface area contributed by atoms with Crippen LogP contribution in [0.5, 0.6) is 0 Å². The first kappa shape index (κ1) is 34.1. The second kappa shape index (κ2) is 13.9. The van der Waals surface area contributed by atoms with E-state index in [1.807, 2.05) is 0 Å². The zero-order valence-corrected chi connectivity index (χ0v) is 32.7. The molecule has 60 heavy (non-hydrogen) atoms. The number of nitrogens with zero attached hydrogens (tertiary/aromatic N) is 1. The minimum Gasteiger partial charge on any atom is -0.455 e. The Kier molecular flexibility index (Phi) is 7.89. The Morgan fingerprint density at radius 1 is 0.267 bits per heavy atom. The third-order valence-electron chi connectivity index (χ3n) is 12.2. The van der Waals surface area contributed by atoms with Crippen molar-refractivity contribution in [3.05, 3.63) is 224 Å². The number of fused-ring (bicyclic) bond motifs is 9. The molecule has 11 aromatic carbocycles. The van der Waals surface area contributed by atoms with Crippen LogP contribution in [0.15, 0.2) is 229 Å². The van der Waals surface area contributed by atoms with Gasteiger partial charge in [0.15, 0.2) is 0 Å². The summed E-state index contributed by atoms with van der Waals surface area (Å²) in [4.78, 5) is 2.47. The lowest BCUT2D eigenvalue weighted by Gasteiger charge is -2.29. The lowest BCUT2D eigenvalue weighted by Crippen LogP contribution is -2.11. The van der Waals surface area contributed by atoms with Crippen LogP contribution in [0.2, 0.25) is 0 Å². The van der Waals surface area contributed by atoms with Gasteiger partial charge < -0.3 is 9.32 Å². The first-order valence-corrected chi connectivity index (χ1v) is 20.6. The fraction of sp³-hybridized carbons (Fsp3) is 0. The predicted molar refractivity (Wildman–Crippen MR) is 255 cm³/mol. The van der Waals surface area contributed by atoms with Gasteiger partial charge >= 0.3 is 0 Å². The van der Waals surface area contributed by atoms with E-state index in [9.17, 15) is 0 Å². The molecule has 12 aromatic rings. The van der Waals surface area contributed by atoms with Crippen molar-refractivity contribution in [3.63, 3.8) is 0 Å². The summed E-state index contributed by atoms with van der Waals surface area (Å²) < 4.78 is 6.74. The molecule has 12 rings (SSSR count). The van der Waals surface area contributed by atoms with E-state index >= 15 is 0 Å². The summed E-state index contributed by atoms with van der Waals surface area (Å²) in [5.41, 5.74) is 12.0. The molecular formula is C58H37NO. The Labute approximate surface area is 347 Å². The summed E-state index contributed by atoms with van der Waals surface area (Å²) in [5, 5.41) is 12.1. The number of hydrogen-bond donors (Lipinski definition) is 0. The number of rotatable bonds is 6. The van der Waals surface area contributed by atoms with E-state index < -0.39 is 0 Å². The third-order valence-corrected chi connectivity index (χ3v) is 12.2. The maximum Gasteiger partial charge on any atom is 0.143 e. The standard InChI is InChI=1S/C58H37NO/c1-2-14-40(15-3-1)47-24-12-26-53-54-27-13-25-48(58(54)60-57(47)53)41-30-28-38(29-31-41)39-32-34-44(35-33-39)59(55-36-42-16-4-6-18-45(42)49-20-8-10-22-51(49)55)56-37-43-17-5-7-19-46(43)50-21-9-11-23-52(50)56/h1-37H. The van der Waals surface area contributed by atoms with Crippen molar-refractivity contribution in [2.24, 2.45) is 0 Å². The van der Waals surface area contributed by atoms with Gasteiger partial charge in [-0.1, -0.05) is 200 Å². The molecule has 0 spiro atoms. The Morgan fingerprint density at radius 3 is 1.17 bits per heavy atom. The van der Waals surface area contributed by atoms with E-state index in [0.29, 0.717) is 0 Å². The van der Waals surface area contributed by atoms with E-state index in [1.165, 1.54) is 43.1 Å². The number of furan rings is 1. The molecule has 0 unspecified atom stereocenters. The monoisotopic (exact) mass is 763 g/mol. The summed E-state index contributed by atoms with van der Waals surface area (Å²) in [6.07, 6.45) is 0. The topological polar surface area (TPSA) is 16.4 Å². The second-order valence-corrected chi connectivity index (χ2v) is 15.6. The summed E-state index contributed by atoms with van der Waals surface area (Å²) in [7, 11) is 0. The lowest BCUT2D eigenvalue weighted by atomic mass is 9.96. The van der Waals surface area contributed by atoms with Crippen LogP contribution in [0, 0.1) is 0 Å². The predicted octanol–water partition coefficient (Wildman–Crippen LogP) is 16.7. The number of anilines is 3. The van der Waals surface area contributed by atoms with Gasteiger partial charge in [-0.2, -0.15) is 0 Å². The number of hydrogen-bond acceptors (Lipinski definition) is 2. The average Bonchev–Trinajstić information content (AvgIpc) is 3.72. The zero-order valence-electron chi connectivity index (χ0n) is 32.7. The fourth-order valence-electron chi connectivity index (χ4n) is 9.38. The summed E-state index contributed by atoms with van der Waals surface area (Å²) in [6.45, 7) is 0. The molecule has 1 heterocycles. The van der Waals surface area contributed by atoms with Crippen LogP contribution >= 0.6 is 0 Å². The smallest absolute Gasteiger partial charge is 0.143 e. The largest absolute Gasteiger partial charge is 0.455 e. The molecule has 1 aromatic heterocycles. The molecule has 0 radical (unpaired) electrons. The molecule has 0 aliphatic carbocycles. The Hall–Kier alpha value is -7.94. The highest BCUT2D eigenvalue weighted by molar-refractivity contribution is 6.19. The first-order valence-electron chi connectivity index (χ1n) is 20.6. The van der Waals surface area contributed by atoms with Crippen LogP contribution in [-0.4, -0.2) is 0 Å². The van der Waals surface area contributed by atoms with E-state index in [4.69, 9.17) is 4.42 Å².